The number of anilines is 1. The van der Waals surface area contributed by atoms with Crippen molar-refractivity contribution in [3.05, 3.63) is 23.3 Å². The number of nitrogens with one attached hydrogen (secondary N) is 1. The third-order valence-corrected chi connectivity index (χ3v) is 3.17. The Kier molecular flexibility index (Phi) is 5.88. The molecule has 2 N–H and O–H groups in total. The van der Waals surface area contributed by atoms with Gasteiger partial charge in [0.15, 0.2) is 0 Å². The number of aryl methyl sites for hydroxylation is 2. The Balaban J connectivity index is 2.89. The lowest BCUT2D eigenvalue weighted by molar-refractivity contribution is 0.466. The van der Waals surface area contributed by atoms with Gasteiger partial charge in [-0.1, -0.05) is 26.7 Å². The summed E-state index contributed by atoms with van der Waals surface area (Å²) in [7, 11) is 1.95. The summed E-state index contributed by atoms with van der Waals surface area (Å²) >= 11 is 0. The van der Waals surface area contributed by atoms with Crippen LogP contribution in [0, 0.1) is 0 Å². The molecule has 1 aromatic rings. The monoisotopic (exact) mass is 235 g/mol. The fourth-order valence-electron chi connectivity index (χ4n) is 2.05. The van der Waals surface area contributed by atoms with E-state index in [9.17, 15) is 5.11 Å². The Morgan fingerprint density at radius 2 is 1.59 bits per heavy atom. The van der Waals surface area contributed by atoms with E-state index in [-0.39, 0.29) is 0 Å². The van der Waals surface area contributed by atoms with Crippen molar-refractivity contribution in [1.29, 1.82) is 0 Å². The van der Waals surface area contributed by atoms with E-state index < -0.39 is 0 Å². The molecule has 2 heteroatoms. The molecular formula is C15H25NO. The third-order valence-electron chi connectivity index (χ3n) is 3.17. The lowest BCUT2D eigenvalue weighted by Gasteiger charge is -2.13. The van der Waals surface area contributed by atoms with Crippen LogP contribution in [0.25, 0.3) is 0 Å². The van der Waals surface area contributed by atoms with E-state index in [0.29, 0.717) is 5.75 Å². The Morgan fingerprint density at radius 1 is 1.00 bits per heavy atom. The summed E-state index contributed by atoms with van der Waals surface area (Å²) in [5.74, 6) is 0.462. The first-order chi connectivity index (χ1) is 8.22. The number of benzene rings is 1. The summed E-state index contributed by atoms with van der Waals surface area (Å²) in [5.41, 5.74) is 3.46. The van der Waals surface area contributed by atoms with E-state index in [0.717, 1.165) is 31.2 Å². The third kappa shape index (κ3) is 3.95. The molecule has 0 aliphatic rings. The highest BCUT2D eigenvalue weighted by atomic mass is 16.3. The second-order valence-electron chi connectivity index (χ2n) is 4.60. The smallest absolute Gasteiger partial charge is 0.119 e. The number of phenolic OH excluding ortho intramolecular Hbond substituents is 1. The fourth-order valence-corrected chi connectivity index (χ4v) is 2.05. The van der Waals surface area contributed by atoms with E-state index in [4.69, 9.17) is 0 Å². The Morgan fingerprint density at radius 3 is 2.12 bits per heavy atom. The minimum atomic E-state index is 0.462. The molecule has 0 heterocycles. The predicted molar refractivity (Wildman–Crippen MR) is 74.9 cm³/mol. The maximum absolute atomic E-state index is 10.0. The largest absolute Gasteiger partial charge is 0.508 e. The molecule has 0 radical (unpaired) electrons. The van der Waals surface area contributed by atoms with Crippen LogP contribution in [0.5, 0.6) is 5.75 Å². The molecule has 0 saturated carbocycles. The molecule has 1 rings (SSSR count). The van der Waals surface area contributed by atoms with E-state index in [1.807, 2.05) is 13.1 Å². The number of phenols is 1. The van der Waals surface area contributed by atoms with Gasteiger partial charge in [-0.15, -0.1) is 0 Å². The van der Waals surface area contributed by atoms with Gasteiger partial charge in [-0.25, -0.2) is 0 Å². The number of aromatic hydroxyl groups is 1. The number of rotatable bonds is 7. The number of unbranched alkanes of at least 4 members (excludes halogenated alkanes) is 2. The molecular weight excluding hydrogens is 210 g/mol. The second kappa shape index (κ2) is 7.21. The topological polar surface area (TPSA) is 32.3 Å². The van der Waals surface area contributed by atoms with Gasteiger partial charge in [0.2, 0.25) is 0 Å². The molecule has 0 fully saturated rings. The molecule has 2 nitrogen and oxygen atoms in total. The van der Waals surface area contributed by atoms with E-state index >= 15 is 0 Å². The Hall–Kier alpha value is -1.18. The second-order valence-corrected chi connectivity index (χ2v) is 4.60. The van der Waals surface area contributed by atoms with Crippen LogP contribution in [-0.2, 0) is 12.8 Å². The summed E-state index contributed by atoms with van der Waals surface area (Å²) in [4.78, 5) is 0. The van der Waals surface area contributed by atoms with Crippen molar-refractivity contribution in [3.8, 4) is 5.75 Å². The quantitative estimate of drug-likeness (QED) is 0.697. The summed E-state index contributed by atoms with van der Waals surface area (Å²) in [6.45, 7) is 4.36. The van der Waals surface area contributed by atoms with Crippen LogP contribution in [0.1, 0.15) is 50.7 Å². The standard InChI is InChI=1S/C15H25NO/c1-4-6-8-12-11-15(17)13(9-7-5-2)10-14(12)16-3/h10-11,16-17H,4-9H2,1-3H3. The zero-order valence-corrected chi connectivity index (χ0v) is 11.3. The first-order valence-corrected chi connectivity index (χ1v) is 6.75. The van der Waals surface area contributed by atoms with Gasteiger partial charge >= 0.3 is 0 Å². The molecule has 0 spiro atoms. The zero-order valence-electron chi connectivity index (χ0n) is 11.3. The highest BCUT2D eigenvalue weighted by molar-refractivity contribution is 5.57. The molecule has 0 aliphatic carbocycles. The lowest BCUT2D eigenvalue weighted by atomic mass is 10.00. The van der Waals surface area contributed by atoms with Crippen LogP contribution < -0.4 is 5.32 Å². The fraction of sp³-hybridized carbons (Fsp3) is 0.600. The summed E-state index contributed by atoms with van der Waals surface area (Å²) in [6.07, 6.45) is 6.64. The first kappa shape index (κ1) is 13.9. The SMILES string of the molecule is CCCCc1cc(NC)c(CCCC)cc1O. The van der Waals surface area contributed by atoms with Crippen molar-refractivity contribution in [3.63, 3.8) is 0 Å². The van der Waals surface area contributed by atoms with Gasteiger partial charge < -0.3 is 10.4 Å². The first-order valence-electron chi connectivity index (χ1n) is 6.75. The number of hydrogen-bond acceptors (Lipinski definition) is 2. The maximum atomic E-state index is 10.0. The molecule has 17 heavy (non-hydrogen) atoms. The van der Waals surface area contributed by atoms with Gasteiger partial charge in [-0.05, 0) is 48.9 Å². The van der Waals surface area contributed by atoms with Gasteiger partial charge in [0.05, 0.1) is 0 Å². The molecule has 0 amide bonds. The average Bonchev–Trinajstić information content (AvgIpc) is 2.35. The Labute approximate surface area is 105 Å². The van der Waals surface area contributed by atoms with Crippen molar-refractivity contribution >= 4 is 5.69 Å². The van der Waals surface area contributed by atoms with E-state index in [1.54, 1.807) is 0 Å². The van der Waals surface area contributed by atoms with Crippen molar-refractivity contribution in [2.75, 3.05) is 12.4 Å². The molecule has 0 bridgehead atoms. The molecule has 0 saturated heterocycles. The van der Waals surface area contributed by atoms with Crippen molar-refractivity contribution in [1.82, 2.24) is 0 Å². The van der Waals surface area contributed by atoms with Crippen LogP contribution in [-0.4, -0.2) is 12.2 Å². The van der Waals surface area contributed by atoms with Crippen molar-refractivity contribution in [2.24, 2.45) is 0 Å². The molecule has 0 unspecified atom stereocenters. The van der Waals surface area contributed by atoms with Gasteiger partial charge in [0, 0.05) is 12.7 Å². The summed E-state index contributed by atoms with van der Waals surface area (Å²) in [6, 6.07) is 4.04. The average molecular weight is 235 g/mol. The van der Waals surface area contributed by atoms with Crippen LogP contribution >= 0.6 is 0 Å². The van der Waals surface area contributed by atoms with Gasteiger partial charge in [0.1, 0.15) is 5.75 Å². The zero-order chi connectivity index (χ0) is 12.7. The van der Waals surface area contributed by atoms with Crippen molar-refractivity contribution < 1.29 is 5.11 Å². The maximum Gasteiger partial charge on any atom is 0.119 e. The van der Waals surface area contributed by atoms with Crippen LogP contribution in [0.3, 0.4) is 0 Å². The van der Waals surface area contributed by atoms with Crippen molar-refractivity contribution in [2.45, 2.75) is 52.4 Å². The highest BCUT2D eigenvalue weighted by Crippen LogP contribution is 2.28. The van der Waals surface area contributed by atoms with Crippen LogP contribution in [0.4, 0.5) is 5.69 Å². The minimum absolute atomic E-state index is 0.462. The van der Waals surface area contributed by atoms with Gasteiger partial charge in [-0.3, -0.25) is 0 Å². The molecule has 0 atom stereocenters. The van der Waals surface area contributed by atoms with Gasteiger partial charge in [0.25, 0.3) is 0 Å². The summed E-state index contributed by atoms with van der Waals surface area (Å²) in [5, 5.41) is 13.2. The molecule has 0 aliphatic heterocycles. The molecule has 96 valence electrons. The van der Waals surface area contributed by atoms with E-state index in [2.05, 4.69) is 25.2 Å². The highest BCUT2D eigenvalue weighted by Gasteiger charge is 2.08. The Bertz CT molecular complexity index is 347. The van der Waals surface area contributed by atoms with Crippen LogP contribution in [0.2, 0.25) is 0 Å². The van der Waals surface area contributed by atoms with Crippen LogP contribution in [0.15, 0.2) is 12.1 Å². The summed E-state index contributed by atoms with van der Waals surface area (Å²) < 4.78 is 0. The minimum Gasteiger partial charge on any atom is -0.508 e. The molecule has 1 aromatic carbocycles. The normalized spacial score (nSPS) is 10.5. The predicted octanol–water partition coefficient (Wildman–Crippen LogP) is 4.12. The van der Waals surface area contributed by atoms with E-state index in [1.165, 1.54) is 24.1 Å². The number of hydrogen-bond donors (Lipinski definition) is 2. The van der Waals surface area contributed by atoms with Gasteiger partial charge in [-0.2, -0.15) is 0 Å². The lowest BCUT2D eigenvalue weighted by Crippen LogP contribution is -1.98. The molecule has 0 aromatic heterocycles.